The Morgan fingerprint density at radius 3 is 2.38 bits per heavy atom. The van der Waals surface area contributed by atoms with Gasteiger partial charge >= 0.3 is 4.87 Å². The highest BCUT2D eigenvalue weighted by atomic mass is 32.2. The van der Waals surface area contributed by atoms with E-state index in [4.69, 9.17) is 0 Å². The molecule has 0 amide bonds. The highest BCUT2D eigenvalue weighted by Crippen LogP contribution is 2.23. The van der Waals surface area contributed by atoms with Gasteiger partial charge in [-0.2, -0.15) is 0 Å². The van der Waals surface area contributed by atoms with Crippen LogP contribution < -0.4 is 9.60 Å². The van der Waals surface area contributed by atoms with Gasteiger partial charge in [0.15, 0.2) is 4.21 Å². The molecule has 0 unspecified atom stereocenters. The summed E-state index contributed by atoms with van der Waals surface area (Å²) in [6.07, 6.45) is 0. The van der Waals surface area contributed by atoms with Crippen molar-refractivity contribution in [1.29, 1.82) is 0 Å². The standard InChI is InChI=1S/C14H18N2O3S2/c1-10-12(20-13(17)16-10)21(18,19)15-9-14(2,3)11-7-5-4-6-8-11/h4-8,15H,9H2,1-3H3,(H,16,17). The van der Waals surface area contributed by atoms with Crippen LogP contribution in [0.5, 0.6) is 0 Å². The number of sulfonamides is 1. The number of hydrogen-bond donors (Lipinski definition) is 2. The summed E-state index contributed by atoms with van der Waals surface area (Å²) in [6.45, 7) is 5.77. The normalized spacial score (nSPS) is 12.5. The molecule has 0 radical (unpaired) electrons. The van der Waals surface area contributed by atoms with Crippen LogP contribution in [0.3, 0.4) is 0 Å². The lowest BCUT2D eigenvalue weighted by molar-refractivity contribution is 0.502. The van der Waals surface area contributed by atoms with E-state index in [0.717, 1.165) is 5.56 Å². The number of aryl methyl sites for hydroxylation is 1. The summed E-state index contributed by atoms with van der Waals surface area (Å²) in [5, 5.41) is 0. The summed E-state index contributed by atoms with van der Waals surface area (Å²) in [7, 11) is -3.67. The van der Waals surface area contributed by atoms with E-state index >= 15 is 0 Å². The van der Waals surface area contributed by atoms with Gasteiger partial charge in [0, 0.05) is 17.7 Å². The number of nitrogens with one attached hydrogen (secondary N) is 2. The molecule has 114 valence electrons. The molecule has 0 aliphatic rings. The van der Waals surface area contributed by atoms with E-state index in [1.807, 2.05) is 44.2 Å². The molecule has 21 heavy (non-hydrogen) atoms. The molecule has 7 heteroatoms. The third-order valence-electron chi connectivity index (χ3n) is 3.28. The lowest BCUT2D eigenvalue weighted by Gasteiger charge is -2.25. The summed E-state index contributed by atoms with van der Waals surface area (Å²) in [6, 6.07) is 9.70. The Morgan fingerprint density at radius 1 is 1.24 bits per heavy atom. The van der Waals surface area contributed by atoms with Crippen LogP contribution in [-0.2, 0) is 15.4 Å². The zero-order valence-electron chi connectivity index (χ0n) is 12.1. The van der Waals surface area contributed by atoms with Gasteiger partial charge in [0.05, 0.1) is 0 Å². The van der Waals surface area contributed by atoms with Crippen molar-refractivity contribution < 1.29 is 8.42 Å². The van der Waals surface area contributed by atoms with Gasteiger partial charge in [-0.3, -0.25) is 4.79 Å². The highest BCUT2D eigenvalue weighted by molar-refractivity contribution is 7.91. The number of benzene rings is 1. The van der Waals surface area contributed by atoms with Crippen LogP contribution in [0.1, 0.15) is 25.1 Å². The Labute approximate surface area is 128 Å². The number of rotatable bonds is 5. The average Bonchev–Trinajstić information content (AvgIpc) is 2.78. The van der Waals surface area contributed by atoms with Gasteiger partial charge in [0.25, 0.3) is 10.0 Å². The molecule has 1 aromatic carbocycles. The Bertz CT molecular complexity index is 774. The van der Waals surface area contributed by atoms with Crippen LogP contribution in [0, 0.1) is 6.92 Å². The van der Waals surface area contributed by atoms with E-state index in [1.165, 1.54) is 0 Å². The Kier molecular flexibility index (Phi) is 4.36. The molecular weight excluding hydrogens is 308 g/mol. The molecular formula is C14H18N2O3S2. The van der Waals surface area contributed by atoms with Gasteiger partial charge in [-0.25, -0.2) is 13.1 Å². The smallest absolute Gasteiger partial charge is 0.305 e. The van der Waals surface area contributed by atoms with Crippen LogP contribution in [0.25, 0.3) is 0 Å². The van der Waals surface area contributed by atoms with Crippen LogP contribution in [0.15, 0.2) is 39.3 Å². The third kappa shape index (κ3) is 3.61. The lowest BCUT2D eigenvalue weighted by atomic mass is 9.85. The molecule has 1 aromatic heterocycles. The molecule has 0 saturated carbocycles. The minimum atomic E-state index is -3.67. The van der Waals surface area contributed by atoms with E-state index in [1.54, 1.807) is 6.92 Å². The van der Waals surface area contributed by atoms with Gasteiger partial charge in [0.2, 0.25) is 0 Å². The number of thiazole rings is 1. The first-order chi connectivity index (χ1) is 9.72. The SMILES string of the molecule is Cc1[nH]c(=O)sc1S(=O)(=O)NCC(C)(C)c1ccccc1. The molecule has 1 heterocycles. The van der Waals surface area contributed by atoms with Crippen molar-refractivity contribution in [1.82, 2.24) is 9.71 Å². The van der Waals surface area contributed by atoms with Crippen molar-refractivity contribution >= 4 is 21.4 Å². The minimum absolute atomic E-state index is 0.0522. The van der Waals surface area contributed by atoms with Gasteiger partial charge in [-0.1, -0.05) is 55.5 Å². The zero-order valence-corrected chi connectivity index (χ0v) is 13.8. The van der Waals surface area contributed by atoms with Crippen LogP contribution in [0.2, 0.25) is 0 Å². The van der Waals surface area contributed by atoms with Crippen molar-refractivity contribution in [3.05, 3.63) is 51.3 Å². The second kappa shape index (κ2) is 5.75. The quantitative estimate of drug-likeness (QED) is 0.882. The highest BCUT2D eigenvalue weighted by Gasteiger charge is 2.26. The number of H-pyrrole nitrogens is 1. The van der Waals surface area contributed by atoms with Gasteiger partial charge in [-0.15, -0.1) is 0 Å². The second-order valence-electron chi connectivity index (χ2n) is 5.50. The van der Waals surface area contributed by atoms with Crippen LogP contribution in [-0.4, -0.2) is 19.9 Å². The number of hydrogen-bond acceptors (Lipinski definition) is 4. The molecule has 0 aliphatic heterocycles. The fourth-order valence-corrected chi connectivity index (χ4v) is 4.53. The fraction of sp³-hybridized carbons (Fsp3) is 0.357. The molecule has 0 spiro atoms. The van der Waals surface area contributed by atoms with Crippen LogP contribution in [0.4, 0.5) is 0 Å². The first-order valence-corrected chi connectivity index (χ1v) is 8.77. The maximum absolute atomic E-state index is 12.3. The largest absolute Gasteiger partial charge is 0.315 e. The fourth-order valence-electron chi connectivity index (χ4n) is 1.98. The Morgan fingerprint density at radius 2 is 1.86 bits per heavy atom. The summed E-state index contributed by atoms with van der Waals surface area (Å²) in [4.78, 5) is 13.4. The van der Waals surface area contributed by atoms with E-state index in [0.29, 0.717) is 17.0 Å². The van der Waals surface area contributed by atoms with E-state index in [-0.39, 0.29) is 21.0 Å². The van der Waals surface area contributed by atoms with Crippen molar-refractivity contribution in [2.45, 2.75) is 30.4 Å². The van der Waals surface area contributed by atoms with Crippen molar-refractivity contribution in [3.8, 4) is 0 Å². The maximum Gasteiger partial charge on any atom is 0.305 e. The molecule has 2 rings (SSSR count). The molecule has 0 fully saturated rings. The zero-order chi connectivity index (χ0) is 15.7. The predicted molar refractivity (Wildman–Crippen MR) is 84.3 cm³/mol. The first-order valence-electron chi connectivity index (χ1n) is 6.47. The monoisotopic (exact) mass is 326 g/mol. The number of aromatic nitrogens is 1. The maximum atomic E-state index is 12.3. The van der Waals surface area contributed by atoms with Crippen molar-refractivity contribution in [2.75, 3.05) is 6.54 Å². The molecule has 2 N–H and O–H groups in total. The van der Waals surface area contributed by atoms with Gasteiger partial charge in [-0.05, 0) is 12.5 Å². The summed E-state index contributed by atoms with van der Waals surface area (Å²) >= 11 is 0.706. The van der Waals surface area contributed by atoms with Crippen molar-refractivity contribution in [3.63, 3.8) is 0 Å². The van der Waals surface area contributed by atoms with E-state index < -0.39 is 10.0 Å². The molecule has 0 atom stereocenters. The van der Waals surface area contributed by atoms with Crippen molar-refractivity contribution in [2.24, 2.45) is 0 Å². The summed E-state index contributed by atoms with van der Waals surface area (Å²) < 4.78 is 27.2. The second-order valence-corrected chi connectivity index (χ2v) is 8.45. The third-order valence-corrected chi connectivity index (χ3v) is 6.29. The Hall–Kier alpha value is -1.44. The topological polar surface area (TPSA) is 79.0 Å². The minimum Gasteiger partial charge on any atom is -0.315 e. The lowest BCUT2D eigenvalue weighted by Crippen LogP contribution is -2.36. The number of aromatic amines is 1. The Balaban J connectivity index is 2.19. The molecule has 0 aliphatic carbocycles. The first kappa shape index (κ1) is 15.9. The van der Waals surface area contributed by atoms with Gasteiger partial charge < -0.3 is 4.98 Å². The summed E-state index contributed by atoms with van der Waals surface area (Å²) in [5.41, 5.74) is 1.07. The predicted octanol–water partition coefficient (Wildman–Crippen LogP) is 2.00. The van der Waals surface area contributed by atoms with E-state index in [9.17, 15) is 13.2 Å². The van der Waals surface area contributed by atoms with Gasteiger partial charge in [0.1, 0.15) is 0 Å². The molecule has 0 saturated heterocycles. The average molecular weight is 326 g/mol. The molecule has 5 nitrogen and oxygen atoms in total. The molecule has 2 aromatic rings. The van der Waals surface area contributed by atoms with E-state index in [2.05, 4.69) is 9.71 Å². The molecule has 0 bridgehead atoms. The summed E-state index contributed by atoms with van der Waals surface area (Å²) in [5.74, 6) is 0. The van der Waals surface area contributed by atoms with Crippen LogP contribution >= 0.6 is 11.3 Å².